The van der Waals surface area contributed by atoms with Crippen LogP contribution in [0.4, 0.5) is 4.39 Å². The zero-order valence-electron chi connectivity index (χ0n) is 6.52. The highest BCUT2D eigenvalue weighted by atomic mass is 127. The molecule has 7 heteroatoms. The first-order chi connectivity index (χ1) is 6.13. The Bertz CT molecular complexity index is 304. The molecule has 0 bridgehead atoms. The van der Waals surface area contributed by atoms with Gasteiger partial charge in [0.15, 0.2) is 5.69 Å². The van der Waals surface area contributed by atoms with Crippen molar-refractivity contribution in [3.63, 3.8) is 0 Å². The molecule has 1 aromatic heterocycles. The zero-order valence-corrected chi connectivity index (χ0v) is 8.68. The minimum Gasteiger partial charge on any atom is -0.476 e. The molecule has 5 nitrogen and oxygen atoms in total. The van der Waals surface area contributed by atoms with E-state index < -0.39 is 12.1 Å². The average Bonchev–Trinajstić information content (AvgIpc) is 2.52. The summed E-state index contributed by atoms with van der Waals surface area (Å²) >= 11 is 1.91. The summed E-state index contributed by atoms with van der Waals surface area (Å²) in [5.41, 5.74) is -0.166. The molecule has 0 radical (unpaired) electrons. The molecule has 1 aromatic rings. The maximum atomic E-state index is 12.8. The minimum atomic E-state index is -1.16. The van der Waals surface area contributed by atoms with Crippen LogP contribution in [0.3, 0.4) is 0 Å². The van der Waals surface area contributed by atoms with Gasteiger partial charge >= 0.3 is 5.97 Å². The fraction of sp³-hybridized carbons (Fsp3) is 0.500. The highest BCUT2D eigenvalue weighted by Crippen LogP contribution is 2.01. The molecule has 1 N–H and O–H groups in total. The van der Waals surface area contributed by atoms with E-state index in [4.69, 9.17) is 5.11 Å². The molecule has 72 valence electrons. The number of carboxylic acid groups (broad SMARTS) is 1. The van der Waals surface area contributed by atoms with Gasteiger partial charge in [-0.2, -0.15) is 0 Å². The van der Waals surface area contributed by atoms with Crippen molar-refractivity contribution in [2.24, 2.45) is 0 Å². The first-order valence-electron chi connectivity index (χ1n) is 3.47. The van der Waals surface area contributed by atoms with E-state index in [1.54, 1.807) is 0 Å². The SMILES string of the molecule is O=C(O)c1cn(C[C@H](F)CI)nn1. The summed E-state index contributed by atoms with van der Waals surface area (Å²) in [4.78, 5) is 10.4. The Hall–Kier alpha value is -0.730. The molecule has 0 aromatic carbocycles. The van der Waals surface area contributed by atoms with Crippen molar-refractivity contribution in [3.05, 3.63) is 11.9 Å². The van der Waals surface area contributed by atoms with E-state index in [9.17, 15) is 9.18 Å². The number of nitrogens with zero attached hydrogens (tertiary/aromatic N) is 3. The topological polar surface area (TPSA) is 68.0 Å². The van der Waals surface area contributed by atoms with Crippen molar-refractivity contribution in [3.8, 4) is 0 Å². The van der Waals surface area contributed by atoms with Crippen LogP contribution < -0.4 is 0 Å². The summed E-state index contributed by atoms with van der Waals surface area (Å²) in [5.74, 6) is -1.16. The Kier molecular flexibility index (Phi) is 3.58. The van der Waals surface area contributed by atoms with E-state index in [2.05, 4.69) is 10.3 Å². The standard InChI is InChI=1S/C6H7FIN3O2/c7-4(1-8)2-11-3-5(6(12)13)9-10-11/h3-4H,1-2H2,(H,12,13)/t4-/m1/s1. The maximum Gasteiger partial charge on any atom is 0.358 e. The van der Waals surface area contributed by atoms with E-state index in [0.717, 1.165) is 0 Å². The molecule has 0 spiro atoms. The second kappa shape index (κ2) is 4.49. The second-order valence-corrected chi connectivity index (χ2v) is 3.26. The number of rotatable bonds is 4. The molecule has 0 aliphatic carbocycles. The molecular formula is C6H7FIN3O2. The minimum absolute atomic E-state index is 0.0449. The van der Waals surface area contributed by atoms with Gasteiger partial charge in [-0.25, -0.2) is 13.9 Å². The van der Waals surface area contributed by atoms with Gasteiger partial charge in [-0.1, -0.05) is 27.8 Å². The normalized spacial score (nSPS) is 12.8. The van der Waals surface area contributed by atoms with Gasteiger partial charge in [-0.15, -0.1) is 5.10 Å². The quantitative estimate of drug-likeness (QED) is 0.658. The fourth-order valence-corrected chi connectivity index (χ4v) is 1.02. The van der Waals surface area contributed by atoms with Gasteiger partial charge in [0, 0.05) is 4.43 Å². The van der Waals surface area contributed by atoms with Crippen LogP contribution in [0.1, 0.15) is 10.5 Å². The lowest BCUT2D eigenvalue weighted by Crippen LogP contribution is -2.13. The Balaban J connectivity index is 2.64. The Morgan fingerprint density at radius 3 is 3.00 bits per heavy atom. The molecule has 0 aliphatic rings. The van der Waals surface area contributed by atoms with E-state index >= 15 is 0 Å². The third kappa shape index (κ3) is 2.90. The van der Waals surface area contributed by atoms with Crippen LogP contribution in [0.15, 0.2) is 6.20 Å². The van der Waals surface area contributed by atoms with E-state index in [-0.39, 0.29) is 12.2 Å². The van der Waals surface area contributed by atoms with Crippen LogP contribution in [0.25, 0.3) is 0 Å². The molecule has 0 aliphatic heterocycles. The van der Waals surface area contributed by atoms with Crippen molar-refractivity contribution in [2.75, 3.05) is 4.43 Å². The summed E-state index contributed by atoms with van der Waals surface area (Å²) in [6.07, 6.45) is 0.185. The Labute approximate surface area is 87.1 Å². The molecule has 0 fully saturated rings. The van der Waals surface area contributed by atoms with Crippen LogP contribution in [0.5, 0.6) is 0 Å². The summed E-state index contributed by atoms with van der Waals surface area (Å²) in [6, 6.07) is 0. The fourth-order valence-electron chi connectivity index (χ4n) is 0.737. The van der Waals surface area contributed by atoms with Crippen LogP contribution in [0.2, 0.25) is 0 Å². The Morgan fingerprint density at radius 1 is 1.85 bits per heavy atom. The lowest BCUT2D eigenvalue weighted by Gasteiger charge is -2.01. The van der Waals surface area contributed by atoms with Crippen LogP contribution >= 0.6 is 22.6 Å². The molecule has 0 saturated carbocycles. The van der Waals surface area contributed by atoms with Gasteiger partial charge in [0.25, 0.3) is 0 Å². The van der Waals surface area contributed by atoms with Gasteiger partial charge in [-0.05, 0) is 0 Å². The van der Waals surface area contributed by atoms with Crippen molar-refractivity contribution >= 4 is 28.6 Å². The van der Waals surface area contributed by atoms with Crippen molar-refractivity contribution in [1.82, 2.24) is 15.0 Å². The molecule has 1 atom stereocenters. The maximum absolute atomic E-state index is 12.8. The summed E-state index contributed by atoms with van der Waals surface area (Å²) in [5, 5.41) is 15.3. The third-order valence-corrected chi connectivity index (χ3v) is 2.27. The van der Waals surface area contributed by atoms with Crippen molar-refractivity contribution in [1.29, 1.82) is 0 Å². The summed E-state index contributed by atoms with van der Waals surface area (Å²) in [6.45, 7) is 0.0449. The smallest absolute Gasteiger partial charge is 0.358 e. The van der Waals surface area contributed by atoms with Gasteiger partial charge < -0.3 is 5.11 Å². The number of carboxylic acids is 1. The lowest BCUT2D eigenvalue weighted by molar-refractivity contribution is 0.0690. The highest BCUT2D eigenvalue weighted by Gasteiger charge is 2.11. The van der Waals surface area contributed by atoms with Crippen LogP contribution in [-0.4, -0.2) is 36.7 Å². The highest BCUT2D eigenvalue weighted by molar-refractivity contribution is 14.1. The molecule has 13 heavy (non-hydrogen) atoms. The Morgan fingerprint density at radius 2 is 2.54 bits per heavy atom. The van der Waals surface area contributed by atoms with Crippen LogP contribution in [0, 0.1) is 0 Å². The lowest BCUT2D eigenvalue weighted by atomic mass is 10.4. The molecular weight excluding hydrogens is 292 g/mol. The number of halogens is 2. The number of aromatic carboxylic acids is 1. The predicted molar refractivity (Wildman–Crippen MR) is 50.8 cm³/mol. The molecule has 0 amide bonds. The zero-order chi connectivity index (χ0) is 9.84. The van der Waals surface area contributed by atoms with Gasteiger partial charge in [-0.3, -0.25) is 0 Å². The monoisotopic (exact) mass is 299 g/mol. The van der Waals surface area contributed by atoms with Crippen molar-refractivity contribution < 1.29 is 14.3 Å². The van der Waals surface area contributed by atoms with Gasteiger partial charge in [0.2, 0.25) is 0 Å². The molecule has 1 heterocycles. The largest absolute Gasteiger partial charge is 0.476 e. The van der Waals surface area contributed by atoms with Crippen LogP contribution in [-0.2, 0) is 6.54 Å². The molecule has 0 unspecified atom stereocenters. The predicted octanol–water partition coefficient (Wildman–Crippen LogP) is 0.749. The first-order valence-corrected chi connectivity index (χ1v) is 4.99. The third-order valence-electron chi connectivity index (χ3n) is 1.31. The van der Waals surface area contributed by atoms with Gasteiger partial charge in [0.05, 0.1) is 12.7 Å². The number of hydrogen-bond donors (Lipinski definition) is 1. The molecule has 0 saturated heterocycles. The summed E-state index contributed by atoms with van der Waals surface area (Å²) in [7, 11) is 0. The van der Waals surface area contributed by atoms with E-state index in [1.165, 1.54) is 10.9 Å². The second-order valence-electron chi connectivity index (χ2n) is 2.38. The molecule has 1 rings (SSSR count). The number of aromatic nitrogens is 3. The first kappa shape index (κ1) is 10.4. The summed E-state index contributed by atoms with van der Waals surface area (Å²) < 4.78 is 14.3. The number of carbonyl (C=O) groups is 1. The number of hydrogen-bond acceptors (Lipinski definition) is 3. The van der Waals surface area contributed by atoms with E-state index in [0.29, 0.717) is 4.43 Å². The number of alkyl halides is 2. The average molecular weight is 299 g/mol. The van der Waals surface area contributed by atoms with Crippen molar-refractivity contribution in [2.45, 2.75) is 12.7 Å². The van der Waals surface area contributed by atoms with Gasteiger partial charge in [0.1, 0.15) is 6.17 Å². The van der Waals surface area contributed by atoms with E-state index in [1.807, 2.05) is 22.6 Å².